The van der Waals surface area contributed by atoms with E-state index < -0.39 is 17.9 Å². The Morgan fingerprint density at radius 3 is 2.83 bits per heavy atom. The number of amides is 1. The van der Waals surface area contributed by atoms with E-state index in [2.05, 4.69) is 5.18 Å². The summed E-state index contributed by atoms with van der Waals surface area (Å²) in [6.07, 6.45) is 0.368. The molecule has 3 atom stereocenters. The Bertz CT molecular complexity index is 727. The van der Waals surface area contributed by atoms with Gasteiger partial charge in [-0.3, -0.25) is 4.79 Å². The molecule has 1 aromatic rings. The highest BCUT2D eigenvalue weighted by atomic mass is 16.4. The van der Waals surface area contributed by atoms with Crippen molar-refractivity contribution in [3.8, 4) is 0 Å². The highest BCUT2D eigenvalue weighted by Crippen LogP contribution is 2.47. The lowest BCUT2D eigenvalue weighted by atomic mass is 9.81. The third-order valence-electron chi connectivity index (χ3n) is 4.56. The van der Waals surface area contributed by atoms with Gasteiger partial charge < -0.3 is 15.1 Å². The lowest BCUT2D eigenvalue weighted by Gasteiger charge is -2.44. The second kappa shape index (κ2) is 5.58. The Labute approximate surface area is 132 Å². The molecule has 23 heavy (non-hydrogen) atoms. The minimum atomic E-state index is -1.17. The van der Waals surface area contributed by atoms with Gasteiger partial charge in [-0.25, -0.2) is 4.79 Å². The summed E-state index contributed by atoms with van der Waals surface area (Å²) in [7, 11) is 0. The van der Waals surface area contributed by atoms with Gasteiger partial charge in [-0.05, 0) is 36.1 Å². The first-order valence-corrected chi connectivity index (χ1v) is 7.31. The number of nitrogens with zero attached hydrogens (tertiary/aromatic N) is 2. The zero-order chi connectivity index (χ0) is 16.7. The summed E-state index contributed by atoms with van der Waals surface area (Å²) >= 11 is 0. The highest BCUT2D eigenvalue weighted by Gasteiger charge is 2.57. The molecule has 7 heteroatoms. The van der Waals surface area contributed by atoms with Crippen molar-refractivity contribution in [3.63, 3.8) is 0 Å². The van der Waals surface area contributed by atoms with Crippen LogP contribution in [0.25, 0.3) is 5.57 Å². The first-order chi connectivity index (χ1) is 11.0. The van der Waals surface area contributed by atoms with Gasteiger partial charge in [0.1, 0.15) is 11.7 Å². The second-order valence-corrected chi connectivity index (χ2v) is 5.84. The van der Waals surface area contributed by atoms with Crippen LogP contribution in [-0.2, 0) is 16.2 Å². The Morgan fingerprint density at radius 1 is 1.48 bits per heavy atom. The normalized spacial score (nSPS) is 24.3. The molecule has 1 fully saturated rings. The zero-order valence-electron chi connectivity index (χ0n) is 12.5. The molecule has 0 aliphatic carbocycles. The maximum absolute atomic E-state index is 12.2. The molecule has 0 bridgehead atoms. The number of aliphatic hydroxyl groups is 1. The van der Waals surface area contributed by atoms with Gasteiger partial charge >= 0.3 is 5.97 Å². The molecule has 1 saturated heterocycles. The van der Waals surface area contributed by atoms with Crippen molar-refractivity contribution in [2.75, 3.05) is 0 Å². The fraction of sp³-hybridized carbons (Fsp3) is 0.375. The molecule has 2 N–H and O–H groups in total. The van der Waals surface area contributed by atoms with Crippen LogP contribution in [0.1, 0.15) is 24.5 Å². The lowest BCUT2D eigenvalue weighted by Crippen LogP contribution is -2.61. The van der Waals surface area contributed by atoms with Crippen LogP contribution in [0.2, 0.25) is 0 Å². The SMILES string of the molecule is CC(N=O)C1C(=O)N2C(C(=O)O)=C(c3cccc(CO)c3)CC12. The number of benzene rings is 1. The van der Waals surface area contributed by atoms with Crippen LogP contribution in [-0.4, -0.2) is 39.1 Å². The number of aliphatic carboxylic acids is 1. The number of carboxylic acid groups (broad SMARTS) is 1. The van der Waals surface area contributed by atoms with Crippen LogP contribution in [0.15, 0.2) is 35.1 Å². The Balaban J connectivity index is 2.02. The maximum atomic E-state index is 12.2. The topological polar surface area (TPSA) is 107 Å². The number of carboxylic acids is 1. The summed E-state index contributed by atoms with van der Waals surface area (Å²) in [5.41, 5.74) is 1.84. The molecular weight excluding hydrogens is 300 g/mol. The number of aliphatic hydroxyl groups excluding tert-OH is 1. The van der Waals surface area contributed by atoms with Crippen molar-refractivity contribution in [2.24, 2.45) is 11.1 Å². The molecule has 2 aliphatic rings. The van der Waals surface area contributed by atoms with Crippen molar-refractivity contribution in [1.82, 2.24) is 4.90 Å². The summed E-state index contributed by atoms with van der Waals surface area (Å²) in [6, 6.07) is 5.92. The van der Waals surface area contributed by atoms with E-state index in [0.29, 0.717) is 23.1 Å². The molecule has 3 rings (SSSR count). The van der Waals surface area contributed by atoms with E-state index in [-0.39, 0.29) is 24.3 Å². The van der Waals surface area contributed by atoms with Crippen LogP contribution < -0.4 is 0 Å². The van der Waals surface area contributed by atoms with E-state index in [0.717, 1.165) is 0 Å². The van der Waals surface area contributed by atoms with Gasteiger partial charge in [0.05, 0.1) is 18.6 Å². The molecule has 1 aromatic carbocycles. The van der Waals surface area contributed by atoms with Crippen LogP contribution in [0.5, 0.6) is 0 Å². The first kappa shape index (κ1) is 15.4. The number of hydrogen-bond donors (Lipinski definition) is 2. The molecule has 120 valence electrons. The Hall–Kier alpha value is -2.54. The fourth-order valence-corrected chi connectivity index (χ4v) is 3.45. The van der Waals surface area contributed by atoms with E-state index in [1.807, 2.05) is 0 Å². The highest BCUT2D eigenvalue weighted by molar-refractivity contribution is 6.06. The van der Waals surface area contributed by atoms with Crippen molar-refractivity contribution >= 4 is 17.4 Å². The van der Waals surface area contributed by atoms with Crippen molar-refractivity contribution in [1.29, 1.82) is 0 Å². The molecule has 2 heterocycles. The summed E-state index contributed by atoms with van der Waals surface area (Å²) in [5.74, 6) is -2.11. The number of β-lactam (4-membered cyclic amide) rings is 1. The van der Waals surface area contributed by atoms with Gasteiger partial charge in [0.25, 0.3) is 0 Å². The van der Waals surface area contributed by atoms with Gasteiger partial charge in [-0.1, -0.05) is 23.4 Å². The molecule has 0 radical (unpaired) electrons. The van der Waals surface area contributed by atoms with E-state index in [1.165, 1.54) is 4.90 Å². The summed E-state index contributed by atoms with van der Waals surface area (Å²) in [4.78, 5) is 35.9. The monoisotopic (exact) mass is 316 g/mol. The van der Waals surface area contributed by atoms with E-state index in [9.17, 15) is 24.7 Å². The zero-order valence-corrected chi connectivity index (χ0v) is 12.5. The van der Waals surface area contributed by atoms with Crippen molar-refractivity contribution < 1.29 is 19.8 Å². The average Bonchev–Trinajstić information content (AvgIpc) is 2.90. The number of fused-ring (bicyclic) bond motifs is 1. The molecule has 0 spiro atoms. The minimum Gasteiger partial charge on any atom is -0.477 e. The summed E-state index contributed by atoms with van der Waals surface area (Å²) in [5, 5.41) is 21.7. The second-order valence-electron chi connectivity index (χ2n) is 5.84. The molecule has 0 saturated carbocycles. The van der Waals surface area contributed by atoms with Gasteiger partial charge in [0.2, 0.25) is 5.91 Å². The molecule has 7 nitrogen and oxygen atoms in total. The fourth-order valence-electron chi connectivity index (χ4n) is 3.45. The van der Waals surface area contributed by atoms with E-state index in [1.54, 1.807) is 31.2 Å². The summed E-state index contributed by atoms with van der Waals surface area (Å²) < 4.78 is 0. The van der Waals surface area contributed by atoms with Crippen molar-refractivity contribution in [2.45, 2.75) is 32.0 Å². The van der Waals surface area contributed by atoms with Gasteiger partial charge in [0, 0.05) is 0 Å². The number of hydrogen-bond acceptors (Lipinski definition) is 5. The molecule has 0 aromatic heterocycles. The molecule has 2 aliphatic heterocycles. The van der Waals surface area contributed by atoms with Crippen LogP contribution in [0.3, 0.4) is 0 Å². The lowest BCUT2D eigenvalue weighted by molar-refractivity contribution is -0.155. The molecule has 1 amide bonds. The van der Waals surface area contributed by atoms with Gasteiger partial charge in [-0.2, -0.15) is 4.91 Å². The summed E-state index contributed by atoms with van der Waals surface area (Å²) in [6.45, 7) is 1.42. The van der Waals surface area contributed by atoms with Gasteiger partial charge in [-0.15, -0.1) is 0 Å². The third-order valence-corrected chi connectivity index (χ3v) is 4.56. The Morgan fingerprint density at radius 2 is 2.22 bits per heavy atom. The number of nitroso groups, excluding NO2 is 1. The number of rotatable bonds is 5. The standard InChI is InChI=1S/C16H16N2O5/c1-8(17-23)13-12-6-11(10-4-2-3-9(5-10)7-19)14(16(21)22)18(12)15(13)20/h2-5,8,12-13,19H,6-7H2,1H3,(H,21,22). The predicted molar refractivity (Wildman–Crippen MR) is 80.9 cm³/mol. The van der Waals surface area contributed by atoms with Crippen LogP contribution in [0, 0.1) is 10.8 Å². The van der Waals surface area contributed by atoms with Crippen LogP contribution in [0.4, 0.5) is 0 Å². The molecule has 3 unspecified atom stereocenters. The third kappa shape index (κ3) is 2.24. The predicted octanol–water partition coefficient (Wildman–Crippen LogP) is 1.36. The number of carbonyl (C=O) groups excluding carboxylic acids is 1. The Kier molecular flexibility index (Phi) is 3.73. The maximum Gasteiger partial charge on any atom is 0.352 e. The van der Waals surface area contributed by atoms with E-state index >= 15 is 0 Å². The van der Waals surface area contributed by atoms with Crippen LogP contribution >= 0.6 is 0 Å². The molecular formula is C16H16N2O5. The largest absolute Gasteiger partial charge is 0.477 e. The average molecular weight is 316 g/mol. The minimum absolute atomic E-state index is 0.0376. The van der Waals surface area contributed by atoms with E-state index in [4.69, 9.17) is 0 Å². The quantitative estimate of drug-likeness (QED) is 0.630. The number of carbonyl (C=O) groups is 2. The smallest absolute Gasteiger partial charge is 0.352 e. The van der Waals surface area contributed by atoms with Gasteiger partial charge in [0.15, 0.2) is 0 Å². The van der Waals surface area contributed by atoms with Crippen molar-refractivity contribution in [3.05, 3.63) is 46.0 Å². The first-order valence-electron chi connectivity index (χ1n) is 7.31.